The van der Waals surface area contributed by atoms with Crippen LogP contribution in [0.4, 0.5) is 14.5 Å². The number of halogens is 2. The highest BCUT2D eigenvalue weighted by molar-refractivity contribution is 6.01. The number of carbonyl (C=O) groups is 2. The summed E-state index contributed by atoms with van der Waals surface area (Å²) in [5.41, 5.74) is -0.349. The van der Waals surface area contributed by atoms with E-state index in [2.05, 4.69) is 5.32 Å². The Morgan fingerprint density at radius 1 is 1.29 bits per heavy atom. The van der Waals surface area contributed by atoms with Crippen LogP contribution in [-0.2, 0) is 14.3 Å². The van der Waals surface area contributed by atoms with Crippen LogP contribution in [0, 0.1) is 11.6 Å². The van der Waals surface area contributed by atoms with Crippen molar-refractivity contribution in [2.75, 3.05) is 18.1 Å². The zero-order chi connectivity index (χ0) is 17.1. The lowest BCUT2D eigenvalue weighted by Gasteiger charge is -2.18. The van der Waals surface area contributed by atoms with Gasteiger partial charge in [0.15, 0.2) is 0 Å². The molecule has 0 spiro atoms. The molecule has 24 heavy (non-hydrogen) atoms. The van der Waals surface area contributed by atoms with Gasteiger partial charge in [0, 0.05) is 19.6 Å². The Morgan fingerprint density at radius 3 is 2.71 bits per heavy atom. The van der Waals surface area contributed by atoms with Crippen LogP contribution in [0.5, 0.6) is 0 Å². The molecule has 2 amide bonds. The van der Waals surface area contributed by atoms with Gasteiger partial charge >= 0.3 is 0 Å². The SMILES string of the molecule is O=C(CC[C@H]1CCCO1)N[C@@H]1CCN(c2c(F)cccc2F)C1=O. The molecule has 2 atom stereocenters. The summed E-state index contributed by atoms with van der Waals surface area (Å²) in [6.45, 7) is 0.907. The summed E-state index contributed by atoms with van der Waals surface area (Å²) in [5.74, 6) is -2.29. The minimum absolute atomic E-state index is 0.110. The highest BCUT2D eigenvalue weighted by Crippen LogP contribution is 2.27. The fourth-order valence-electron chi connectivity index (χ4n) is 3.21. The predicted molar refractivity (Wildman–Crippen MR) is 83.5 cm³/mol. The van der Waals surface area contributed by atoms with Gasteiger partial charge in [-0.3, -0.25) is 9.59 Å². The van der Waals surface area contributed by atoms with Crippen LogP contribution in [0.15, 0.2) is 18.2 Å². The minimum Gasteiger partial charge on any atom is -0.378 e. The molecule has 0 unspecified atom stereocenters. The fraction of sp³-hybridized carbons (Fsp3) is 0.529. The Bertz CT molecular complexity index is 612. The maximum atomic E-state index is 13.8. The average molecular weight is 338 g/mol. The molecule has 2 heterocycles. The lowest BCUT2D eigenvalue weighted by Crippen LogP contribution is -2.42. The number of anilines is 1. The first-order valence-corrected chi connectivity index (χ1v) is 8.22. The molecule has 0 aromatic heterocycles. The number of carbonyl (C=O) groups excluding carboxylic acids is 2. The molecule has 1 N–H and O–H groups in total. The molecule has 2 aliphatic heterocycles. The number of rotatable bonds is 5. The highest BCUT2D eigenvalue weighted by atomic mass is 19.1. The third-order valence-corrected chi connectivity index (χ3v) is 4.47. The molecule has 0 aliphatic carbocycles. The van der Waals surface area contributed by atoms with Crippen LogP contribution < -0.4 is 10.2 Å². The van der Waals surface area contributed by atoms with E-state index in [4.69, 9.17) is 4.74 Å². The van der Waals surface area contributed by atoms with Gasteiger partial charge < -0.3 is 15.0 Å². The van der Waals surface area contributed by atoms with Gasteiger partial charge in [0.2, 0.25) is 11.8 Å². The number of ether oxygens (including phenoxy) is 1. The summed E-state index contributed by atoms with van der Waals surface area (Å²) in [6.07, 6.45) is 3.31. The summed E-state index contributed by atoms with van der Waals surface area (Å²) in [5, 5.41) is 2.66. The molecule has 7 heteroatoms. The van der Waals surface area contributed by atoms with E-state index in [1.165, 1.54) is 6.07 Å². The molecule has 2 fully saturated rings. The fourth-order valence-corrected chi connectivity index (χ4v) is 3.21. The number of nitrogens with one attached hydrogen (secondary N) is 1. The van der Waals surface area contributed by atoms with Gasteiger partial charge in [-0.2, -0.15) is 0 Å². The summed E-state index contributed by atoms with van der Waals surface area (Å²) < 4.78 is 33.1. The molecule has 0 radical (unpaired) electrons. The number of benzene rings is 1. The van der Waals surface area contributed by atoms with Crippen molar-refractivity contribution >= 4 is 17.5 Å². The highest BCUT2D eigenvalue weighted by Gasteiger charge is 2.36. The van der Waals surface area contributed by atoms with Crippen LogP contribution in [0.3, 0.4) is 0 Å². The molecule has 2 aliphatic rings. The molecular weight excluding hydrogens is 318 g/mol. The Hall–Kier alpha value is -2.02. The molecule has 3 rings (SSSR count). The summed E-state index contributed by atoms with van der Waals surface area (Å²) >= 11 is 0. The van der Waals surface area contributed by atoms with Gasteiger partial charge in [-0.05, 0) is 37.8 Å². The number of hydrogen-bond acceptors (Lipinski definition) is 3. The Kier molecular flexibility index (Phi) is 5.08. The van der Waals surface area contributed by atoms with E-state index in [-0.39, 0.29) is 30.7 Å². The van der Waals surface area contributed by atoms with Crippen molar-refractivity contribution in [1.29, 1.82) is 0 Å². The van der Waals surface area contributed by atoms with Crippen molar-refractivity contribution < 1.29 is 23.1 Å². The molecule has 1 aromatic carbocycles. The van der Waals surface area contributed by atoms with E-state index < -0.39 is 23.6 Å². The number of amides is 2. The Labute approximate surface area is 139 Å². The largest absolute Gasteiger partial charge is 0.378 e. The monoisotopic (exact) mass is 338 g/mol. The molecule has 0 bridgehead atoms. The van der Waals surface area contributed by atoms with Crippen molar-refractivity contribution in [2.24, 2.45) is 0 Å². The van der Waals surface area contributed by atoms with E-state index in [0.717, 1.165) is 36.5 Å². The van der Waals surface area contributed by atoms with Crippen LogP contribution in [-0.4, -0.2) is 37.1 Å². The van der Waals surface area contributed by atoms with Gasteiger partial charge in [-0.25, -0.2) is 8.78 Å². The molecule has 2 saturated heterocycles. The average Bonchev–Trinajstić information content (AvgIpc) is 3.18. The maximum Gasteiger partial charge on any atom is 0.249 e. The maximum absolute atomic E-state index is 13.8. The molecule has 5 nitrogen and oxygen atoms in total. The van der Waals surface area contributed by atoms with Gasteiger partial charge in [0.1, 0.15) is 23.4 Å². The van der Waals surface area contributed by atoms with Crippen molar-refractivity contribution in [1.82, 2.24) is 5.32 Å². The third kappa shape index (κ3) is 3.56. The van der Waals surface area contributed by atoms with Gasteiger partial charge in [0.25, 0.3) is 0 Å². The van der Waals surface area contributed by atoms with Crippen LogP contribution in [0.1, 0.15) is 32.1 Å². The summed E-state index contributed by atoms with van der Waals surface area (Å²) in [6, 6.07) is 2.73. The first-order chi connectivity index (χ1) is 11.6. The zero-order valence-corrected chi connectivity index (χ0v) is 13.3. The van der Waals surface area contributed by atoms with E-state index in [1.807, 2.05) is 0 Å². The third-order valence-electron chi connectivity index (χ3n) is 4.47. The van der Waals surface area contributed by atoms with Crippen molar-refractivity contribution in [2.45, 2.75) is 44.2 Å². The van der Waals surface area contributed by atoms with Crippen LogP contribution in [0.25, 0.3) is 0 Å². The second-order valence-corrected chi connectivity index (χ2v) is 6.14. The standard InChI is InChI=1S/C17H20F2N2O3/c18-12-4-1-5-13(19)16(12)21-9-8-14(17(21)23)20-15(22)7-6-11-3-2-10-24-11/h1,4-5,11,14H,2-3,6-10H2,(H,20,22)/t11-,14-/m1/s1. The lowest BCUT2D eigenvalue weighted by atomic mass is 10.1. The van der Waals surface area contributed by atoms with Crippen molar-refractivity contribution in [3.63, 3.8) is 0 Å². The van der Waals surface area contributed by atoms with E-state index in [1.54, 1.807) is 0 Å². The van der Waals surface area contributed by atoms with Gasteiger partial charge in [0.05, 0.1) is 6.10 Å². The van der Waals surface area contributed by atoms with E-state index in [9.17, 15) is 18.4 Å². The second kappa shape index (κ2) is 7.25. The lowest BCUT2D eigenvalue weighted by molar-refractivity contribution is -0.126. The van der Waals surface area contributed by atoms with E-state index in [0.29, 0.717) is 12.8 Å². The normalized spacial score (nSPS) is 23.8. The van der Waals surface area contributed by atoms with Crippen molar-refractivity contribution in [3.8, 4) is 0 Å². The molecule has 130 valence electrons. The molecule has 1 aromatic rings. The van der Waals surface area contributed by atoms with Crippen molar-refractivity contribution in [3.05, 3.63) is 29.8 Å². The van der Waals surface area contributed by atoms with Gasteiger partial charge in [-0.1, -0.05) is 6.07 Å². The Morgan fingerprint density at radius 2 is 2.04 bits per heavy atom. The number of hydrogen-bond donors (Lipinski definition) is 1. The predicted octanol–water partition coefficient (Wildman–Crippen LogP) is 2.15. The quantitative estimate of drug-likeness (QED) is 0.895. The van der Waals surface area contributed by atoms with Crippen LogP contribution >= 0.6 is 0 Å². The first kappa shape index (κ1) is 16.8. The molecule has 0 saturated carbocycles. The summed E-state index contributed by atoms with van der Waals surface area (Å²) in [7, 11) is 0. The van der Waals surface area contributed by atoms with Gasteiger partial charge in [-0.15, -0.1) is 0 Å². The topological polar surface area (TPSA) is 58.6 Å². The minimum atomic E-state index is -0.784. The summed E-state index contributed by atoms with van der Waals surface area (Å²) in [4.78, 5) is 25.4. The first-order valence-electron chi connectivity index (χ1n) is 8.22. The van der Waals surface area contributed by atoms with Crippen LogP contribution in [0.2, 0.25) is 0 Å². The smallest absolute Gasteiger partial charge is 0.249 e. The number of para-hydroxylation sites is 1. The molecular formula is C17H20F2N2O3. The van der Waals surface area contributed by atoms with E-state index >= 15 is 0 Å². The second-order valence-electron chi connectivity index (χ2n) is 6.14. The zero-order valence-electron chi connectivity index (χ0n) is 13.3. The number of nitrogens with zero attached hydrogens (tertiary/aromatic N) is 1. The Balaban J connectivity index is 1.57.